The molecular weight excluding hydrogens is 424 g/mol. The zero-order valence-corrected chi connectivity index (χ0v) is 18.7. The van der Waals surface area contributed by atoms with Gasteiger partial charge in [-0.1, -0.05) is 36.7 Å². The number of allylic oxidation sites excluding steroid dienone is 3. The van der Waals surface area contributed by atoms with Gasteiger partial charge in [-0.05, 0) is 49.1 Å². The lowest BCUT2D eigenvalue weighted by Gasteiger charge is -2.55. The van der Waals surface area contributed by atoms with Gasteiger partial charge in [0.05, 0.1) is 13.2 Å². The molecule has 8 heteroatoms. The number of halogens is 1. The maximum Gasteiger partial charge on any atom is 0.206 e. The first-order chi connectivity index (χ1) is 14.7. The maximum atomic E-state index is 10.9. The number of rotatable bonds is 7. The predicted molar refractivity (Wildman–Crippen MR) is 116 cm³/mol. The maximum absolute atomic E-state index is 10.9. The molecule has 1 fully saturated rings. The van der Waals surface area contributed by atoms with E-state index < -0.39 is 42.2 Å². The Hall–Kier alpha value is -1.45. The topological polar surface area (TPSA) is 109 Å². The predicted octanol–water partition coefficient (Wildman–Crippen LogP) is 1.90. The van der Waals surface area contributed by atoms with Crippen molar-refractivity contribution in [2.24, 2.45) is 5.41 Å². The van der Waals surface area contributed by atoms with Crippen LogP contribution < -0.4 is 4.74 Å². The molecule has 3 rings (SSSR count). The SMILES string of the molecule is CCOc1ccc(CC2=C(Cl)C=CC(C)([C@]3(OC)O[C@H](CO)[C@@H](O)[C@H](O)[C@H]3O)C2)cc1. The third-order valence-corrected chi connectivity index (χ3v) is 6.61. The molecule has 1 aromatic carbocycles. The van der Waals surface area contributed by atoms with Crippen molar-refractivity contribution in [3.05, 3.63) is 52.6 Å². The van der Waals surface area contributed by atoms with Gasteiger partial charge in [0.1, 0.15) is 30.2 Å². The summed E-state index contributed by atoms with van der Waals surface area (Å²) in [5.41, 5.74) is 1.01. The summed E-state index contributed by atoms with van der Waals surface area (Å²) in [6, 6.07) is 7.74. The van der Waals surface area contributed by atoms with Gasteiger partial charge >= 0.3 is 0 Å². The zero-order chi connectivity index (χ0) is 22.8. The Labute approximate surface area is 187 Å². The molecule has 7 nitrogen and oxygen atoms in total. The molecule has 0 bridgehead atoms. The molecule has 2 aliphatic rings. The van der Waals surface area contributed by atoms with Crippen LogP contribution >= 0.6 is 11.6 Å². The fourth-order valence-corrected chi connectivity index (χ4v) is 4.68. The minimum absolute atomic E-state index is 0.376. The number of aliphatic hydroxyl groups excluding tert-OH is 4. The van der Waals surface area contributed by atoms with Gasteiger partial charge in [0.15, 0.2) is 0 Å². The first kappa shape index (κ1) is 24.2. The number of benzene rings is 1. The van der Waals surface area contributed by atoms with Crippen molar-refractivity contribution < 1.29 is 34.6 Å². The van der Waals surface area contributed by atoms with E-state index in [0.29, 0.717) is 24.5 Å². The number of methoxy groups -OCH3 is 1. The van der Waals surface area contributed by atoms with Gasteiger partial charge in [0.25, 0.3) is 0 Å². The fraction of sp³-hybridized carbons (Fsp3) is 0.565. The molecule has 6 atom stereocenters. The Morgan fingerprint density at radius 2 is 1.84 bits per heavy atom. The smallest absolute Gasteiger partial charge is 0.206 e. The summed E-state index contributed by atoms with van der Waals surface area (Å²) >= 11 is 6.51. The van der Waals surface area contributed by atoms with Gasteiger partial charge in [-0.2, -0.15) is 0 Å². The third kappa shape index (κ3) is 4.41. The van der Waals surface area contributed by atoms with Crippen molar-refractivity contribution >= 4 is 11.6 Å². The van der Waals surface area contributed by atoms with Crippen molar-refractivity contribution in [1.82, 2.24) is 0 Å². The van der Waals surface area contributed by atoms with Crippen LogP contribution in [0.15, 0.2) is 47.0 Å². The summed E-state index contributed by atoms with van der Waals surface area (Å²) in [5.74, 6) is -0.906. The van der Waals surface area contributed by atoms with Crippen LogP contribution in [0.5, 0.6) is 5.75 Å². The molecule has 1 unspecified atom stereocenters. The fourth-order valence-electron chi connectivity index (χ4n) is 4.48. The van der Waals surface area contributed by atoms with Crippen molar-refractivity contribution in [2.75, 3.05) is 20.3 Å². The molecule has 0 spiro atoms. The summed E-state index contributed by atoms with van der Waals surface area (Å²) in [7, 11) is 1.37. The Morgan fingerprint density at radius 1 is 1.16 bits per heavy atom. The molecule has 31 heavy (non-hydrogen) atoms. The van der Waals surface area contributed by atoms with Gasteiger partial charge in [-0.3, -0.25) is 0 Å². The molecule has 0 amide bonds. The van der Waals surface area contributed by atoms with Gasteiger partial charge in [-0.15, -0.1) is 0 Å². The van der Waals surface area contributed by atoms with Crippen LogP contribution in [0, 0.1) is 5.41 Å². The summed E-state index contributed by atoms with van der Waals surface area (Å²) in [5, 5.41) is 41.7. The average molecular weight is 455 g/mol. The Bertz CT molecular complexity index is 822. The lowest BCUT2D eigenvalue weighted by molar-refractivity contribution is -0.387. The van der Waals surface area contributed by atoms with Gasteiger partial charge in [-0.25, -0.2) is 0 Å². The van der Waals surface area contributed by atoms with E-state index in [2.05, 4.69) is 0 Å². The van der Waals surface area contributed by atoms with E-state index in [-0.39, 0.29) is 0 Å². The standard InChI is InChI=1S/C23H31ClO7/c1-4-30-16-7-5-14(6-8-16)11-15-12-22(2,10-9-17(15)24)23(29-3)21(28)20(27)19(26)18(13-25)31-23/h5-10,18-21,25-28H,4,11-13H2,1-3H3/t18-,19-,20+,21-,22?,23-/m1/s1. The largest absolute Gasteiger partial charge is 0.494 e. The lowest BCUT2D eigenvalue weighted by Crippen LogP contribution is -2.71. The highest BCUT2D eigenvalue weighted by Crippen LogP contribution is 2.51. The molecule has 172 valence electrons. The van der Waals surface area contributed by atoms with E-state index in [1.165, 1.54) is 7.11 Å². The minimum Gasteiger partial charge on any atom is -0.494 e. The van der Waals surface area contributed by atoms with Gasteiger partial charge < -0.3 is 34.6 Å². The van der Waals surface area contributed by atoms with Crippen molar-refractivity contribution in [1.29, 1.82) is 0 Å². The summed E-state index contributed by atoms with van der Waals surface area (Å²) in [6.45, 7) is 3.82. The van der Waals surface area contributed by atoms with E-state index in [1.54, 1.807) is 12.2 Å². The van der Waals surface area contributed by atoms with E-state index in [0.717, 1.165) is 16.9 Å². The molecule has 0 aromatic heterocycles. The Morgan fingerprint density at radius 3 is 2.42 bits per heavy atom. The molecule has 1 aromatic rings. The summed E-state index contributed by atoms with van der Waals surface area (Å²) in [6.07, 6.45) is -1.20. The first-order valence-corrected chi connectivity index (χ1v) is 10.8. The highest BCUT2D eigenvalue weighted by molar-refractivity contribution is 6.31. The van der Waals surface area contributed by atoms with E-state index in [1.807, 2.05) is 38.1 Å². The summed E-state index contributed by atoms with van der Waals surface area (Å²) < 4.78 is 17.1. The van der Waals surface area contributed by atoms with E-state index in [9.17, 15) is 20.4 Å². The van der Waals surface area contributed by atoms with Crippen LogP contribution in [-0.2, 0) is 15.9 Å². The molecule has 1 aliphatic heterocycles. The van der Waals surface area contributed by atoms with Crippen LogP contribution in [0.25, 0.3) is 0 Å². The van der Waals surface area contributed by atoms with Crippen LogP contribution in [0.1, 0.15) is 25.8 Å². The van der Waals surface area contributed by atoms with E-state index in [4.69, 9.17) is 25.8 Å². The van der Waals surface area contributed by atoms with Crippen LogP contribution in [-0.4, -0.2) is 71.0 Å². The molecule has 4 N–H and O–H groups in total. The first-order valence-electron chi connectivity index (χ1n) is 10.4. The van der Waals surface area contributed by atoms with Crippen molar-refractivity contribution in [3.63, 3.8) is 0 Å². The van der Waals surface area contributed by atoms with Gasteiger partial charge in [0.2, 0.25) is 5.79 Å². The number of hydrogen-bond acceptors (Lipinski definition) is 7. The second-order valence-corrected chi connectivity index (χ2v) is 8.68. The number of ether oxygens (including phenoxy) is 3. The molecule has 1 aliphatic carbocycles. The zero-order valence-electron chi connectivity index (χ0n) is 18.0. The third-order valence-electron chi connectivity index (χ3n) is 6.22. The van der Waals surface area contributed by atoms with Crippen LogP contribution in [0.3, 0.4) is 0 Å². The highest BCUT2D eigenvalue weighted by Gasteiger charge is 2.62. The highest BCUT2D eigenvalue weighted by atomic mass is 35.5. The van der Waals surface area contributed by atoms with Crippen molar-refractivity contribution in [3.8, 4) is 5.75 Å². The normalized spacial score (nSPS) is 36.0. The van der Waals surface area contributed by atoms with Gasteiger partial charge in [0, 0.05) is 17.6 Å². The number of hydrogen-bond donors (Lipinski definition) is 4. The molecule has 0 saturated carbocycles. The monoisotopic (exact) mass is 454 g/mol. The second-order valence-electron chi connectivity index (χ2n) is 8.27. The molecule has 0 radical (unpaired) electrons. The number of aliphatic hydroxyl groups is 4. The Balaban J connectivity index is 1.89. The molecule has 1 saturated heterocycles. The second kappa shape index (κ2) is 9.58. The minimum atomic E-state index is -1.70. The quantitative estimate of drug-likeness (QED) is 0.498. The lowest BCUT2D eigenvalue weighted by atomic mass is 9.68. The van der Waals surface area contributed by atoms with Crippen LogP contribution in [0.4, 0.5) is 0 Å². The average Bonchev–Trinajstić information content (AvgIpc) is 2.77. The Kier molecular flexibility index (Phi) is 7.48. The molecular formula is C23H31ClO7. The molecule has 1 heterocycles. The van der Waals surface area contributed by atoms with Crippen molar-refractivity contribution in [2.45, 2.75) is 56.9 Å². The summed E-state index contributed by atoms with van der Waals surface area (Å²) in [4.78, 5) is 0. The van der Waals surface area contributed by atoms with E-state index >= 15 is 0 Å². The van der Waals surface area contributed by atoms with Crippen LogP contribution in [0.2, 0.25) is 0 Å².